The van der Waals surface area contributed by atoms with Crippen LogP contribution in [0, 0.1) is 0 Å². The molecule has 2 aromatic rings. The topological polar surface area (TPSA) is 61.4 Å². The van der Waals surface area contributed by atoms with Crippen molar-refractivity contribution in [2.45, 2.75) is 49.7 Å². The van der Waals surface area contributed by atoms with Crippen molar-refractivity contribution in [2.75, 3.05) is 26.2 Å². The van der Waals surface area contributed by atoms with Gasteiger partial charge in [0.25, 0.3) is 0 Å². The van der Waals surface area contributed by atoms with Gasteiger partial charge < -0.3 is 15.5 Å². The molecule has 1 aliphatic carbocycles. The molecule has 1 saturated carbocycles. The average molecular weight is 542 g/mol. The Morgan fingerprint density at radius 1 is 1.03 bits per heavy atom. The van der Waals surface area contributed by atoms with Crippen molar-refractivity contribution in [3.63, 3.8) is 0 Å². The van der Waals surface area contributed by atoms with Crippen LogP contribution in [-0.2, 0) is 27.6 Å². The van der Waals surface area contributed by atoms with Gasteiger partial charge in [-0.2, -0.15) is 13.2 Å². The molecular weight excluding hydrogens is 514 g/mol. The van der Waals surface area contributed by atoms with Gasteiger partial charge in [0.05, 0.1) is 11.0 Å². The lowest BCUT2D eigenvalue weighted by atomic mass is 9.93. The molecular formula is C26H28Cl2F3N3O2. The number of alkyl halides is 3. The summed E-state index contributed by atoms with van der Waals surface area (Å²) in [5.41, 5.74) is -0.460. The van der Waals surface area contributed by atoms with Crippen molar-refractivity contribution in [2.24, 2.45) is 0 Å². The highest BCUT2D eigenvalue weighted by Gasteiger charge is 2.53. The van der Waals surface area contributed by atoms with Gasteiger partial charge >= 0.3 is 6.18 Å². The average Bonchev–Trinajstić information content (AvgIpc) is 3.46. The van der Waals surface area contributed by atoms with E-state index in [1.165, 1.54) is 12.1 Å². The van der Waals surface area contributed by atoms with E-state index in [0.29, 0.717) is 47.1 Å². The first-order chi connectivity index (χ1) is 17.1. The number of hydrogen-bond acceptors (Lipinski definition) is 3. The highest BCUT2D eigenvalue weighted by Crippen LogP contribution is 2.51. The minimum absolute atomic E-state index is 0.0594. The molecule has 1 atom stereocenters. The highest BCUT2D eigenvalue weighted by molar-refractivity contribution is 6.35. The zero-order valence-corrected chi connectivity index (χ0v) is 21.1. The summed E-state index contributed by atoms with van der Waals surface area (Å²) in [7, 11) is 0. The summed E-state index contributed by atoms with van der Waals surface area (Å²) >= 11 is 12.4. The number of benzene rings is 2. The number of nitrogens with one attached hydrogen (secondary N) is 2. The number of carbonyl (C=O) groups is 2. The van der Waals surface area contributed by atoms with Gasteiger partial charge in [0.15, 0.2) is 0 Å². The summed E-state index contributed by atoms with van der Waals surface area (Å²) in [4.78, 5) is 28.8. The fraction of sp³-hybridized carbons (Fsp3) is 0.462. The first-order valence-electron chi connectivity index (χ1n) is 12.0. The molecule has 36 heavy (non-hydrogen) atoms. The van der Waals surface area contributed by atoms with Gasteiger partial charge in [0.1, 0.15) is 6.04 Å². The number of hydrogen-bond donors (Lipinski definition) is 2. The Bertz CT molecular complexity index is 1100. The van der Waals surface area contributed by atoms with Crippen LogP contribution in [0.15, 0.2) is 42.5 Å². The molecule has 2 N–H and O–H groups in total. The number of halogens is 5. The van der Waals surface area contributed by atoms with Crippen molar-refractivity contribution < 1.29 is 22.8 Å². The van der Waals surface area contributed by atoms with Crippen LogP contribution in [0.4, 0.5) is 13.2 Å². The smallest absolute Gasteiger partial charge is 0.353 e. The maximum atomic E-state index is 13.4. The number of carbonyl (C=O) groups excluding carboxylic acids is 2. The lowest BCUT2D eigenvalue weighted by molar-refractivity contribution is -0.137. The Balaban J connectivity index is 1.48. The standard InChI is InChI=1S/C26H28Cl2F3N3O2/c27-19-7-8-20(21(28)16-19)25(9-10-25)24(36)33-22(23(35)32-11-14-34-12-1-2-13-34)15-17-3-5-18(6-4-17)26(29,30)31/h3-8,16,22H,1-2,9-15H2,(H,32,35)(H,33,36)/t22-/m0/s1. The minimum Gasteiger partial charge on any atom is -0.353 e. The van der Waals surface area contributed by atoms with E-state index in [9.17, 15) is 22.8 Å². The zero-order valence-electron chi connectivity index (χ0n) is 19.6. The van der Waals surface area contributed by atoms with Crippen molar-refractivity contribution in [3.05, 3.63) is 69.2 Å². The van der Waals surface area contributed by atoms with Crippen LogP contribution in [-0.4, -0.2) is 48.9 Å². The van der Waals surface area contributed by atoms with E-state index in [1.54, 1.807) is 18.2 Å². The number of likely N-dealkylation sites (tertiary alicyclic amines) is 1. The molecule has 0 spiro atoms. The molecule has 2 aromatic carbocycles. The van der Waals surface area contributed by atoms with Crippen LogP contribution in [0.2, 0.25) is 10.0 Å². The summed E-state index contributed by atoms with van der Waals surface area (Å²) in [5, 5.41) is 6.57. The number of rotatable bonds is 9. The highest BCUT2D eigenvalue weighted by atomic mass is 35.5. The monoisotopic (exact) mass is 541 g/mol. The van der Waals surface area contributed by atoms with E-state index in [1.807, 2.05) is 0 Å². The predicted octanol–water partition coefficient (Wildman–Crippen LogP) is 4.98. The maximum Gasteiger partial charge on any atom is 0.416 e. The Hall–Kier alpha value is -2.29. The summed E-state index contributed by atoms with van der Waals surface area (Å²) in [5.74, 6) is -0.709. The van der Waals surface area contributed by atoms with Crippen LogP contribution >= 0.6 is 23.2 Å². The third-order valence-corrected chi connectivity index (χ3v) is 7.45. The Morgan fingerprint density at radius 3 is 2.28 bits per heavy atom. The molecule has 5 nitrogen and oxygen atoms in total. The summed E-state index contributed by atoms with van der Waals surface area (Å²) in [6.45, 7) is 3.11. The molecule has 1 heterocycles. The summed E-state index contributed by atoms with van der Waals surface area (Å²) in [6, 6.07) is 8.65. The van der Waals surface area contributed by atoms with E-state index in [4.69, 9.17) is 23.2 Å². The molecule has 0 unspecified atom stereocenters. The van der Waals surface area contributed by atoms with E-state index < -0.39 is 23.2 Å². The van der Waals surface area contributed by atoms with Gasteiger partial charge in [-0.25, -0.2) is 0 Å². The van der Waals surface area contributed by atoms with E-state index >= 15 is 0 Å². The van der Waals surface area contributed by atoms with Crippen LogP contribution in [0.5, 0.6) is 0 Å². The van der Waals surface area contributed by atoms with Crippen molar-refractivity contribution in [1.82, 2.24) is 15.5 Å². The quantitative estimate of drug-likeness (QED) is 0.470. The van der Waals surface area contributed by atoms with Crippen molar-refractivity contribution >= 4 is 35.0 Å². The molecule has 10 heteroatoms. The summed E-state index contributed by atoms with van der Waals surface area (Å²) in [6.07, 6.45) is -0.974. The number of amides is 2. The normalized spacial score (nSPS) is 18.0. The minimum atomic E-state index is -4.45. The first-order valence-corrected chi connectivity index (χ1v) is 12.8. The fourth-order valence-corrected chi connectivity index (χ4v) is 5.25. The molecule has 2 fully saturated rings. The SMILES string of the molecule is O=C(NCCN1CCCC1)[C@H](Cc1ccc(C(F)(F)F)cc1)NC(=O)C1(c2ccc(Cl)cc2Cl)CC1. The molecule has 2 aliphatic rings. The van der Waals surface area contributed by atoms with Gasteiger partial charge in [0.2, 0.25) is 11.8 Å². The van der Waals surface area contributed by atoms with Gasteiger partial charge in [0, 0.05) is 29.6 Å². The van der Waals surface area contributed by atoms with Crippen molar-refractivity contribution in [3.8, 4) is 0 Å². The predicted molar refractivity (Wildman–Crippen MR) is 133 cm³/mol. The molecule has 0 radical (unpaired) electrons. The first kappa shape index (κ1) is 26.8. The van der Waals surface area contributed by atoms with Gasteiger partial charge in [-0.15, -0.1) is 0 Å². The van der Waals surface area contributed by atoms with Gasteiger partial charge in [-0.3, -0.25) is 9.59 Å². The molecule has 2 amide bonds. The Kier molecular flexibility index (Phi) is 8.17. The Labute approximate surface area is 218 Å². The second-order valence-electron chi connectivity index (χ2n) is 9.47. The van der Waals surface area contributed by atoms with Crippen LogP contribution in [0.3, 0.4) is 0 Å². The molecule has 1 aliphatic heterocycles. The number of nitrogens with zero attached hydrogens (tertiary/aromatic N) is 1. The third kappa shape index (κ3) is 6.33. The van der Waals surface area contributed by atoms with Crippen molar-refractivity contribution in [1.29, 1.82) is 0 Å². The second-order valence-corrected chi connectivity index (χ2v) is 10.3. The van der Waals surface area contributed by atoms with Gasteiger partial charge in [-0.1, -0.05) is 41.4 Å². The Morgan fingerprint density at radius 2 is 1.69 bits per heavy atom. The van der Waals surface area contributed by atoms with Gasteiger partial charge in [-0.05, 0) is 74.2 Å². The lowest BCUT2D eigenvalue weighted by Crippen LogP contribution is -2.51. The van der Waals surface area contributed by atoms with Crippen LogP contribution < -0.4 is 10.6 Å². The molecule has 0 aromatic heterocycles. The second kappa shape index (κ2) is 11.0. The lowest BCUT2D eigenvalue weighted by Gasteiger charge is -2.24. The van der Waals surface area contributed by atoms with E-state index in [2.05, 4.69) is 15.5 Å². The van der Waals surface area contributed by atoms with Crippen LogP contribution in [0.25, 0.3) is 0 Å². The molecule has 1 saturated heterocycles. The fourth-order valence-electron chi connectivity index (χ4n) is 4.66. The van der Waals surface area contributed by atoms with E-state index in [0.717, 1.165) is 38.1 Å². The molecule has 0 bridgehead atoms. The molecule has 4 rings (SSSR count). The largest absolute Gasteiger partial charge is 0.416 e. The van der Waals surface area contributed by atoms with Crippen LogP contribution in [0.1, 0.15) is 42.4 Å². The third-order valence-electron chi connectivity index (χ3n) is 6.90. The summed E-state index contributed by atoms with van der Waals surface area (Å²) < 4.78 is 38.9. The maximum absolute atomic E-state index is 13.4. The molecule has 194 valence electrons. The van der Waals surface area contributed by atoms with E-state index in [-0.39, 0.29) is 18.2 Å². The zero-order chi connectivity index (χ0) is 25.9.